The molecule has 1 amide bonds. The Morgan fingerprint density at radius 1 is 1.33 bits per heavy atom. The fraction of sp³-hybridized carbons (Fsp3) is 0.421. The highest BCUT2D eigenvalue weighted by atomic mass is 79.9. The first kappa shape index (κ1) is 16.8. The Morgan fingerprint density at radius 3 is 2.78 bits per heavy atom. The molecule has 2 aliphatic rings. The Balaban J connectivity index is 1.74. The number of likely N-dealkylation sites (tertiary alicyclic amines) is 1. The molecule has 0 unspecified atom stereocenters. The van der Waals surface area contributed by atoms with Gasteiger partial charge < -0.3 is 19.0 Å². The minimum atomic E-state index is -0.935. The van der Waals surface area contributed by atoms with Crippen molar-refractivity contribution in [3.8, 4) is 0 Å². The lowest BCUT2D eigenvalue weighted by atomic mass is 10.1. The Hall–Kier alpha value is -2.35. The number of pyridine rings is 1. The SMILES string of the molecule is Cc1c(Br)ccc2c3oc([C@H]4CCN(C(=O)O)C4)nc3c(=O)n(C3CC3)c12. The van der Waals surface area contributed by atoms with Crippen molar-refractivity contribution in [3.63, 3.8) is 0 Å². The predicted octanol–water partition coefficient (Wildman–Crippen LogP) is 4.02. The molecule has 0 spiro atoms. The van der Waals surface area contributed by atoms with Gasteiger partial charge in [0, 0.05) is 29.0 Å². The van der Waals surface area contributed by atoms with Crippen LogP contribution in [0.4, 0.5) is 4.79 Å². The molecule has 0 radical (unpaired) electrons. The Morgan fingerprint density at radius 2 is 2.11 bits per heavy atom. The lowest BCUT2D eigenvalue weighted by Gasteiger charge is -2.12. The number of benzene rings is 1. The number of hydrogen-bond acceptors (Lipinski definition) is 4. The summed E-state index contributed by atoms with van der Waals surface area (Å²) in [6.07, 6.45) is 1.70. The molecule has 2 aromatic heterocycles. The molecule has 1 saturated carbocycles. The number of aryl methyl sites for hydroxylation is 1. The second-order valence-electron chi connectivity index (χ2n) is 7.42. The summed E-state index contributed by atoms with van der Waals surface area (Å²) >= 11 is 3.57. The van der Waals surface area contributed by atoms with Gasteiger partial charge in [0.05, 0.1) is 11.4 Å². The fourth-order valence-corrected chi connectivity index (χ4v) is 4.36. The van der Waals surface area contributed by atoms with Crippen LogP contribution in [0.15, 0.2) is 25.8 Å². The Labute approximate surface area is 162 Å². The molecule has 3 aromatic rings. The number of carboxylic acid groups (broad SMARTS) is 1. The molecule has 2 fully saturated rings. The van der Waals surface area contributed by atoms with Gasteiger partial charge >= 0.3 is 6.09 Å². The van der Waals surface area contributed by atoms with Gasteiger partial charge in [-0.2, -0.15) is 0 Å². The number of amides is 1. The summed E-state index contributed by atoms with van der Waals surface area (Å²) in [6.45, 7) is 2.80. The van der Waals surface area contributed by atoms with Gasteiger partial charge in [-0.15, -0.1) is 0 Å². The van der Waals surface area contributed by atoms with Crippen LogP contribution in [0.2, 0.25) is 0 Å². The topological polar surface area (TPSA) is 88.6 Å². The minimum absolute atomic E-state index is 0.117. The lowest BCUT2D eigenvalue weighted by Crippen LogP contribution is -2.26. The van der Waals surface area contributed by atoms with Gasteiger partial charge in [-0.3, -0.25) is 4.79 Å². The quantitative estimate of drug-likeness (QED) is 0.661. The first-order valence-corrected chi connectivity index (χ1v) is 9.86. The summed E-state index contributed by atoms with van der Waals surface area (Å²) in [7, 11) is 0. The van der Waals surface area contributed by atoms with Crippen LogP contribution in [0.1, 0.15) is 42.7 Å². The largest absolute Gasteiger partial charge is 0.465 e. The van der Waals surface area contributed by atoms with E-state index in [0.29, 0.717) is 36.5 Å². The van der Waals surface area contributed by atoms with Crippen molar-refractivity contribution in [1.29, 1.82) is 0 Å². The molecule has 1 aromatic carbocycles. The maximum Gasteiger partial charge on any atom is 0.407 e. The molecular weight excluding hydrogens is 414 g/mol. The van der Waals surface area contributed by atoms with Crippen LogP contribution >= 0.6 is 15.9 Å². The van der Waals surface area contributed by atoms with Gasteiger partial charge in [-0.05, 0) is 43.9 Å². The molecule has 8 heteroatoms. The molecule has 1 N–H and O–H groups in total. The first-order valence-electron chi connectivity index (χ1n) is 9.07. The van der Waals surface area contributed by atoms with E-state index in [9.17, 15) is 14.7 Å². The van der Waals surface area contributed by atoms with Crippen molar-refractivity contribution in [3.05, 3.63) is 38.4 Å². The first-order chi connectivity index (χ1) is 13.0. The van der Waals surface area contributed by atoms with Gasteiger partial charge in [0.25, 0.3) is 5.56 Å². The van der Waals surface area contributed by atoms with E-state index in [1.54, 1.807) is 0 Å². The molecule has 1 aliphatic carbocycles. The van der Waals surface area contributed by atoms with Gasteiger partial charge in [-0.25, -0.2) is 9.78 Å². The number of fused-ring (bicyclic) bond motifs is 3. The maximum atomic E-state index is 13.2. The summed E-state index contributed by atoms with van der Waals surface area (Å²) in [5.41, 5.74) is 2.63. The monoisotopic (exact) mass is 431 g/mol. The van der Waals surface area contributed by atoms with Crippen molar-refractivity contribution in [2.75, 3.05) is 13.1 Å². The Kier molecular flexibility index (Phi) is 3.62. The van der Waals surface area contributed by atoms with Crippen molar-refractivity contribution < 1.29 is 14.3 Å². The number of aromatic nitrogens is 2. The molecular formula is C19H18BrN3O4. The number of halogens is 1. The number of hydrogen-bond donors (Lipinski definition) is 1. The van der Waals surface area contributed by atoms with E-state index in [0.717, 1.165) is 33.8 Å². The Bertz CT molecular complexity index is 1160. The van der Waals surface area contributed by atoms with Crippen LogP contribution in [0, 0.1) is 6.92 Å². The van der Waals surface area contributed by atoms with E-state index < -0.39 is 6.09 Å². The normalized spacial score (nSPS) is 20.1. The zero-order valence-corrected chi connectivity index (χ0v) is 16.3. The van der Waals surface area contributed by atoms with Gasteiger partial charge in [0.15, 0.2) is 11.1 Å². The van der Waals surface area contributed by atoms with Crippen molar-refractivity contribution in [2.45, 2.75) is 38.1 Å². The van der Waals surface area contributed by atoms with Gasteiger partial charge in [0.1, 0.15) is 0 Å². The minimum Gasteiger partial charge on any atom is -0.465 e. The van der Waals surface area contributed by atoms with E-state index in [4.69, 9.17) is 4.42 Å². The highest BCUT2D eigenvalue weighted by Gasteiger charge is 2.33. The molecule has 140 valence electrons. The standard InChI is InChI=1S/C19H18BrN3O4/c1-9-13(20)5-4-12-15(9)23(11-2-3-11)18(24)14-16(12)27-17(21-14)10-6-7-22(8-10)19(25)26/h4-5,10-11H,2-3,6-8H2,1H3,(H,25,26)/t10-/m0/s1. The van der Waals surface area contributed by atoms with Crippen molar-refractivity contribution >= 4 is 44.0 Å². The second kappa shape index (κ2) is 5.82. The number of oxazole rings is 1. The molecule has 7 nitrogen and oxygen atoms in total. The third kappa shape index (κ3) is 2.50. The summed E-state index contributed by atoms with van der Waals surface area (Å²) in [4.78, 5) is 30.3. The third-order valence-corrected chi connectivity index (χ3v) is 6.49. The number of rotatable bonds is 2. The summed E-state index contributed by atoms with van der Waals surface area (Å²) in [5.74, 6) is 0.343. The van der Waals surface area contributed by atoms with Crippen LogP contribution in [0.5, 0.6) is 0 Å². The predicted molar refractivity (Wildman–Crippen MR) is 103 cm³/mol. The molecule has 1 atom stereocenters. The maximum absolute atomic E-state index is 13.2. The average molecular weight is 432 g/mol. The summed E-state index contributed by atoms with van der Waals surface area (Å²) in [6, 6.07) is 4.13. The van der Waals surface area contributed by atoms with Gasteiger partial charge in [0.2, 0.25) is 5.89 Å². The lowest BCUT2D eigenvalue weighted by molar-refractivity contribution is 0.155. The summed E-state index contributed by atoms with van der Waals surface area (Å²) < 4.78 is 8.88. The van der Waals surface area contributed by atoms with E-state index in [1.165, 1.54) is 4.90 Å². The molecule has 5 rings (SSSR count). The van der Waals surface area contributed by atoms with Crippen LogP contribution in [0.3, 0.4) is 0 Å². The number of carbonyl (C=O) groups is 1. The van der Waals surface area contributed by atoms with E-state index >= 15 is 0 Å². The molecule has 1 saturated heterocycles. The fourth-order valence-electron chi connectivity index (χ4n) is 4.04. The van der Waals surface area contributed by atoms with Crippen molar-refractivity contribution in [1.82, 2.24) is 14.5 Å². The summed E-state index contributed by atoms with van der Waals surface area (Å²) in [5, 5.41) is 10.1. The van der Waals surface area contributed by atoms with Crippen LogP contribution in [0.25, 0.3) is 22.0 Å². The highest BCUT2D eigenvalue weighted by Crippen LogP contribution is 2.40. The van der Waals surface area contributed by atoms with E-state index in [1.807, 2.05) is 23.6 Å². The molecule has 0 bridgehead atoms. The molecule has 27 heavy (non-hydrogen) atoms. The average Bonchev–Trinajstić information content (AvgIpc) is 3.17. The van der Waals surface area contributed by atoms with Gasteiger partial charge in [-0.1, -0.05) is 15.9 Å². The van der Waals surface area contributed by atoms with Crippen LogP contribution < -0.4 is 5.56 Å². The van der Waals surface area contributed by atoms with Crippen molar-refractivity contribution in [2.24, 2.45) is 0 Å². The zero-order valence-electron chi connectivity index (χ0n) is 14.7. The zero-order chi connectivity index (χ0) is 18.9. The number of nitrogens with zero attached hydrogens (tertiary/aromatic N) is 3. The second-order valence-corrected chi connectivity index (χ2v) is 8.27. The third-order valence-electron chi connectivity index (χ3n) is 5.64. The molecule has 1 aliphatic heterocycles. The smallest absolute Gasteiger partial charge is 0.407 e. The van der Waals surface area contributed by atoms with E-state index in [-0.39, 0.29) is 17.5 Å². The van der Waals surface area contributed by atoms with E-state index in [2.05, 4.69) is 20.9 Å². The van der Waals surface area contributed by atoms with Crippen LogP contribution in [-0.4, -0.2) is 38.7 Å². The molecule has 3 heterocycles. The highest BCUT2D eigenvalue weighted by molar-refractivity contribution is 9.10. The van der Waals surface area contributed by atoms with Crippen LogP contribution in [-0.2, 0) is 0 Å².